The molecule has 4 rings (SSSR count). The molecule has 1 aliphatic rings. The molecule has 0 unspecified atom stereocenters. The largest absolute Gasteiger partial charge is 0.511 e. The van der Waals surface area contributed by atoms with Crippen molar-refractivity contribution in [2.24, 2.45) is 7.05 Å². The highest BCUT2D eigenvalue weighted by Crippen LogP contribution is 2.40. The number of aromatic hydroxyl groups is 1. The maximum Gasteiger partial charge on any atom is 0.511 e. The topological polar surface area (TPSA) is 137 Å². The fourth-order valence-corrected chi connectivity index (χ4v) is 4.27. The van der Waals surface area contributed by atoms with Crippen molar-refractivity contribution in [1.29, 1.82) is 0 Å². The number of hydrogen-bond donors (Lipinski definition) is 4. The number of carbonyl (C=O) groups is 2. The van der Waals surface area contributed by atoms with Crippen LogP contribution in [0.1, 0.15) is 23.2 Å². The number of amides is 1. The number of ether oxygens (including phenoxy) is 1. The number of carboxylic acid groups (broad SMARTS) is 1. The van der Waals surface area contributed by atoms with E-state index >= 15 is 0 Å². The Morgan fingerprint density at radius 3 is 2.70 bits per heavy atom. The number of likely N-dealkylation sites (N-methyl/N-ethyl adjacent to an activating group) is 1. The summed E-state index contributed by atoms with van der Waals surface area (Å²) >= 11 is 0. The number of pyridine rings is 1. The average molecular weight is 454 g/mol. The summed E-state index contributed by atoms with van der Waals surface area (Å²) in [5.41, 5.74) is 3.96. The van der Waals surface area contributed by atoms with Crippen LogP contribution < -0.4 is 15.6 Å². The van der Waals surface area contributed by atoms with Crippen LogP contribution >= 0.6 is 0 Å². The van der Waals surface area contributed by atoms with E-state index in [1.165, 1.54) is 4.90 Å². The number of nitrogens with one attached hydrogen (secondary N) is 2. The Hall–Kier alpha value is -3.79. The third-order valence-corrected chi connectivity index (χ3v) is 6.03. The van der Waals surface area contributed by atoms with E-state index < -0.39 is 23.2 Å². The van der Waals surface area contributed by atoms with Gasteiger partial charge in [-0.05, 0) is 43.0 Å². The molecule has 10 nitrogen and oxygen atoms in total. The molecule has 1 aliphatic carbocycles. The minimum Gasteiger partial charge on any atom is -0.504 e. The predicted octanol–water partition coefficient (Wildman–Crippen LogP) is 1.96. The van der Waals surface area contributed by atoms with Crippen molar-refractivity contribution in [3.63, 3.8) is 0 Å². The molecule has 4 N–H and O–H groups in total. The van der Waals surface area contributed by atoms with Crippen LogP contribution in [0.2, 0.25) is 0 Å². The first-order chi connectivity index (χ1) is 15.7. The van der Waals surface area contributed by atoms with Crippen LogP contribution in [0.4, 0.5) is 4.79 Å². The number of H-pyrrole nitrogens is 1. The fourth-order valence-electron chi connectivity index (χ4n) is 4.27. The van der Waals surface area contributed by atoms with Crippen LogP contribution in [-0.2, 0) is 31.2 Å². The van der Waals surface area contributed by atoms with Gasteiger partial charge in [-0.15, -0.1) is 0 Å². The lowest BCUT2D eigenvalue weighted by atomic mass is 9.99. The molecule has 0 atom stereocenters. The molecular weight excluding hydrogens is 428 g/mol. The Bertz CT molecular complexity index is 1320. The second-order valence-electron chi connectivity index (χ2n) is 8.36. The number of aromatic nitrogens is 2. The van der Waals surface area contributed by atoms with Crippen molar-refractivity contribution >= 4 is 23.0 Å². The van der Waals surface area contributed by atoms with E-state index in [0.717, 1.165) is 34.1 Å². The van der Waals surface area contributed by atoms with E-state index in [4.69, 9.17) is 5.11 Å². The van der Waals surface area contributed by atoms with Gasteiger partial charge in [0.1, 0.15) is 0 Å². The third-order valence-electron chi connectivity index (χ3n) is 6.03. The molecule has 0 radical (unpaired) electrons. The van der Waals surface area contributed by atoms with Gasteiger partial charge >= 0.3 is 6.16 Å². The maximum absolute atomic E-state index is 12.5. The van der Waals surface area contributed by atoms with Gasteiger partial charge in [0.15, 0.2) is 5.75 Å². The summed E-state index contributed by atoms with van der Waals surface area (Å²) in [6, 6.07) is 6.06. The van der Waals surface area contributed by atoms with Crippen LogP contribution in [0.25, 0.3) is 22.2 Å². The van der Waals surface area contributed by atoms with Gasteiger partial charge in [0.2, 0.25) is 11.7 Å². The second-order valence-corrected chi connectivity index (χ2v) is 8.36. The van der Waals surface area contributed by atoms with Crippen molar-refractivity contribution in [2.45, 2.75) is 25.8 Å². The molecule has 2 heterocycles. The summed E-state index contributed by atoms with van der Waals surface area (Å²) in [6.07, 6.45) is 0.244. The van der Waals surface area contributed by atoms with Crippen LogP contribution in [0, 0.1) is 0 Å². The molecule has 1 amide bonds. The lowest BCUT2D eigenvalue weighted by molar-refractivity contribution is -0.127. The predicted molar refractivity (Wildman–Crippen MR) is 122 cm³/mol. The quantitative estimate of drug-likeness (QED) is 0.433. The number of hydrogen-bond acceptors (Lipinski definition) is 6. The average Bonchev–Trinajstić information content (AvgIpc) is 2.94. The number of aryl methyl sites for hydroxylation is 2. The first-order valence-electron chi connectivity index (χ1n) is 10.6. The zero-order valence-electron chi connectivity index (χ0n) is 18.7. The lowest BCUT2D eigenvalue weighted by Gasteiger charge is -2.13. The van der Waals surface area contributed by atoms with Gasteiger partial charge in [0, 0.05) is 55.4 Å². The van der Waals surface area contributed by atoms with Crippen LogP contribution in [0.3, 0.4) is 0 Å². The minimum absolute atomic E-state index is 0.00732. The monoisotopic (exact) mass is 454 g/mol. The molecule has 0 spiro atoms. The molecule has 0 fully saturated rings. The molecule has 10 heteroatoms. The first-order valence-corrected chi connectivity index (χ1v) is 10.6. The van der Waals surface area contributed by atoms with E-state index in [1.807, 2.05) is 19.2 Å². The van der Waals surface area contributed by atoms with Crippen molar-refractivity contribution in [3.8, 4) is 22.8 Å². The van der Waals surface area contributed by atoms with Gasteiger partial charge in [-0.1, -0.05) is 0 Å². The van der Waals surface area contributed by atoms with Gasteiger partial charge in [0.25, 0.3) is 5.56 Å². The number of carbonyl (C=O) groups excluding carboxylic acids is 1. The molecule has 0 aliphatic heterocycles. The van der Waals surface area contributed by atoms with Gasteiger partial charge < -0.3 is 34.7 Å². The summed E-state index contributed by atoms with van der Waals surface area (Å²) in [4.78, 5) is 39.5. The minimum atomic E-state index is -1.66. The first kappa shape index (κ1) is 22.4. The Labute approximate surface area is 189 Å². The standard InChI is InChI=1S/C23H26N4O6/c1-26(2)18(28)11-24-10-14-7-13-8-16-12(9-17(13)27(14)3)5-4-6-15-19(16)25-22(30)21(20(15)29)33-23(31)32/h7-9,24H,4-6,10-11H2,1-3H3,(H,31,32)(H2,25,29,30). The molecule has 0 saturated carbocycles. The van der Waals surface area contributed by atoms with E-state index in [2.05, 4.69) is 25.7 Å². The van der Waals surface area contributed by atoms with Gasteiger partial charge in [-0.25, -0.2) is 4.79 Å². The molecule has 0 bridgehead atoms. The Morgan fingerprint density at radius 2 is 2.00 bits per heavy atom. The lowest BCUT2D eigenvalue weighted by Crippen LogP contribution is -2.32. The summed E-state index contributed by atoms with van der Waals surface area (Å²) in [5.74, 6) is -1.05. The van der Waals surface area contributed by atoms with E-state index in [1.54, 1.807) is 14.1 Å². The Balaban J connectivity index is 1.75. The van der Waals surface area contributed by atoms with Crippen molar-refractivity contribution in [3.05, 3.63) is 45.4 Å². The highest BCUT2D eigenvalue weighted by atomic mass is 16.7. The molecule has 33 heavy (non-hydrogen) atoms. The second kappa shape index (κ2) is 8.62. The van der Waals surface area contributed by atoms with Gasteiger partial charge in [0.05, 0.1) is 12.2 Å². The van der Waals surface area contributed by atoms with Gasteiger partial charge in [-0.2, -0.15) is 0 Å². The molecular formula is C23H26N4O6. The fraction of sp³-hybridized carbons (Fsp3) is 0.348. The normalized spacial score (nSPS) is 12.7. The molecule has 2 aromatic heterocycles. The van der Waals surface area contributed by atoms with Crippen LogP contribution in [-0.4, -0.2) is 57.4 Å². The number of fused-ring (bicyclic) bond motifs is 4. The highest BCUT2D eigenvalue weighted by molar-refractivity contribution is 5.89. The third kappa shape index (κ3) is 4.17. The Morgan fingerprint density at radius 1 is 1.24 bits per heavy atom. The van der Waals surface area contributed by atoms with Crippen LogP contribution in [0.5, 0.6) is 11.5 Å². The zero-order valence-corrected chi connectivity index (χ0v) is 18.7. The SMILES string of the molecule is CN(C)C(=O)CNCc1cc2cc3c(cc2n1C)CCCc1c-3[nH]c(=O)c(OC(=O)O)c1O. The summed E-state index contributed by atoms with van der Waals surface area (Å²) in [5, 5.41) is 23.6. The number of aromatic amines is 1. The maximum atomic E-state index is 12.5. The molecule has 0 saturated heterocycles. The molecule has 1 aromatic carbocycles. The smallest absolute Gasteiger partial charge is 0.504 e. The number of benzene rings is 1. The highest BCUT2D eigenvalue weighted by Gasteiger charge is 2.25. The molecule has 3 aromatic rings. The molecule has 174 valence electrons. The summed E-state index contributed by atoms with van der Waals surface area (Å²) in [6.45, 7) is 0.749. The van der Waals surface area contributed by atoms with E-state index in [-0.39, 0.29) is 12.5 Å². The zero-order chi connectivity index (χ0) is 23.9. The van der Waals surface area contributed by atoms with E-state index in [9.17, 15) is 19.5 Å². The summed E-state index contributed by atoms with van der Waals surface area (Å²) < 4.78 is 6.58. The summed E-state index contributed by atoms with van der Waals surface area (Å²) in [7, 11) is 5.39. The van der Waals surface area contributed by atoms with Crippen molar-refractivity contribution in [2.75, 3.05) is 20.6 Å². The number of rotatable bonds is 5. The number of nitrogens with zero attached hydrogens (tertiary/aromatic N) is 2. The van der Waals surface area contributed by atoms with Crippen molar-refractivity contribution in [1.82, 2.24) is 19.8 Å². The Kier molecular flexibility index (Phi) is 5.86. The van der Waals surface area contributed by atoms with Gasteiger partial charge in [-0.3, -0.25) is 9.59 Å². The van der Waals surface area contributed by atoms with Crippen LogP contribution in [0.15, 0.2) is 23.0 Å². The van der Waals surface area contributed by atoms with Crippen molar-refractivity contribution < 1.29 is 24.5 Å². The van der Waals surface area contributed by atoms with E-state index in [0.29, 0.717) is 30.6 Å².